The van der Waals surface area contributed by atoms with Crippen molar-refractivity contribution in [1.82, 2.24) is 19.6 Å². The fourth-order valence-corrected chi connectivity index (χ4v) is 2.66. The lowest BCUT2D eigenvalue weighted by molar-refractivity contribution is -0.139. The third kappa shape index (κ3) is 4.27. The number of para-hydroxylation sites is 1. The zero-order chi connectivity index (χ0) is 19.6. The Morgan fingerprint density at radius 1 is 1.30 bits per heavy atom. The summed E-state index contributed by atoms with van der Waals surface area (Å²) in [6.07, 6.45) is -4.18. The van der Waals surface area contributed by atoms with Gasteiger partial charge in [-0.25, -0.2) is 4.98 Å². The van der Waals surface area contributed by atoms with Gasteiger partial charge in [-0.3, -0.25) is 0 Å². The molecule has 7 nitrogen and oxygen atoms in total. The molecule has 0 saturated heterocycles. The van der Waals surface area contributed by atoms with Gasteiger partial charge in [-0.15, -0.1) is 0 Å². The monoisotopic (exact) mass is 381 g/mol. The van der Waals surface area contributed by atoms with Crippen LogP contribution in [0.25, 0.3) is 5.78 Å². The van der Waals surface area contributed by atoms with Crippen molar-refractivity contribution >= 4 is 11.6 Å². The fraction of sp³-hybridized carbons (Fsp3) is 0.353. The molecule has 3 aromatic rings. The third-order valence-corrected chi connectivity index (χ3v) is 3.86. The molecule has 3 rings (SSSR count). The van der Waals surface area contributed by atoms with E-state index in [-0.39, 0.29) is 18.9 Å². The topological polar surface area (TPSA) is 75.8 Å². The second-order valence-corrected chi connectivity index (χ2v) is 6.07. The first-order chi connectivity index (χ1) is 12.8. The van der Waals surface area contributed by atoms with Crippen LogP contribution in [0.1, 0.15) is 11.3 Å². The van der Waals surface area contributed by atoms with Crippen LogP contribution in [0.15, 0.2) is 36.7 Å². The van der Waals surface area contributed by atoms with E-state index in [1.165, 1.54) is 29.0 Å². The van der Waals surface area contributed by atoms with Gasteiger partial charge < -0.3 is 14.7 Å². The number of aryl methyl sites for hydroxylation is 1. The van der Waals surface area contributed by atoms with E-state index in [1.54, 1.807) is 24.9 Å². The Morgan fingerprint density at radius 2 is 2.04 bits per heavy atom. The van der Waals surface area contributed by atoms with Crippen LogP contribution in [-0.4, -0.2) is 51.0 Å². The fourth-order valence-electron chi connectivity index (χ4n) is 2.66. The van der Waals surface area contributed by atoms with Gasteiger partial charge in [0, 0.05) is 25.4 Å². The van der Waals surface area contributed by atoms with E-state index in [9.17, 15) is 18.3 Å². The summed E-state index contributed by atoms with van der Waals surface area (Å²) in [5.74, 6) is 0.747. The number of hydrogen-bond donors (Lipinski definition) is 1. The maximum absolute atomic E-state index is 13.0. The second kappa shape index (κ2) is 7.39. The number of rotatable bonds is 6. The minimum atomic E-state index is -4.52. The van der Waals surface area contributed by atoms with Crippen molar-refractivity contribution in [1.29, 1.82) is 0 Å². The van der Waals surface area contributed by atoms with Crippen LogP contribution in [0.3, 0.4) is 0 Å². The average molecular weight is 381 g/mol. The molecule has 1 unspecified atom stereocenters. The molecule has 1 aromatic carbocycles. The van der Waals surface area contributed by atoms with Crippen molar-refractivity contribution in [3.63, 3.8) is 0 Å². The lowest BCUT2D eigenvalue weighted by Crippen LogP contribution is -2.34. The molecular weight excluding hydrogens is 363 g/mol. The Labute approximate surface area is 153 Å². The first kappa shape index (κ1) is 18.9. The van der Waals surface area contributed by atoms with Gasteiger partial charge in [-0.1, -0.05) is 12.1 Å². The van der Waals surface area contributed by atoms with Gasteiger partial charge in [0.2, 0.25) is 0 Å². The summed E-state index contributed by atoms with van der Waals surface area (Å²) >= 11 is 0. The molecule has 27 heavy (non-hydrogen) atoms. The SMILES string of the molecule is Cc1cc(N(C)CC(O)COc2ccccc2C(F)(F)F)n2ncnc2n1. The first-order valence-corrected chi connectivity index (χ1v) is 8.11. The summed E-state index contributed by atoms with van der Waals surface area (Å²) < 4.78 is 45.7. The number of aliphatic hydroxyl groups excluding tert-OH is 1. The van der Waals surface area contributed by atoms with Crippen LogP contribution >= 0.6 is 0 Å². The van der Waals surface area contributed by atoms with E-state index in [1.807, 2.05) is 0 Å². The number of hydrogen-bond acceptors (Lipinski definition) is 6. The normalized spacial score (nSPS) is 13.0. The molecule has 2 heterocycles. The number of alkyl halides is 3. The maximum atomic E-state index is 13.0. The van der Waals surface area contributed by atoms with Crippen LogP contribution < -0.4 is 9.64 Å². The summed E-state index contributed by atoms with van der Waals surface area (Å²) in [6, 6.07) is 6.67. The zero-order valence-electron chi connectivity index (χ0n) is 14.7. The molecule has 10 heteroatoms. The van der Waals surface area contributed by atoms with E-state index in [0.717, 1.165) is 11.8 Å². The van der Waals surface area contributed by atoms with Gasteiger partial charge in [-0.2, -0.15) is 27.8 Å². The molecule has 0 fully saturated rings. The molecule has 1 atom stereocenters. The summed E-state index contributed by atoms with van der Waals surface area (Å²) in [7, 11) is 1.72. The van der Waals surface area contributed by atoms with Gasteiger partial charge in [-0.05, 0) is 19.1 Å². The average Bonchev–Trinajstić information content (AvgIpc) is 3.06. The number of halogens is 3. The van der Waals surface area contributed by atoms with Gasteiger partial charge >= 0.3 is 6.18 Å². The zero-order valence-corrected chi connectivity index (χ0v) is 14.7. The smallest absolute Gasteiger partial charge is 0.419 e. The van der Waals surface area contributed by atoms with Crippen LogP contribution in [0.2, 0.25) is 0 Å². The minimum Gasteiger partial charge on any atom is -0.490 e. The molecule has 0 aliphatic heterocycles. The van der Waals surface area contributed by atoms with Crippen molar-refractivity contribution in [2.45, 2.75) is 19.2 Å². The third-order valence-electron chi connectivity index (χ3n) is 3.86. The standard InChI is InChI=1S/C17H18F3N5O2/c1-11-7-15(25-16(23-11)21-10-22-25)24(2)8-12(26)9-27-14-6-4-3-5-13(14)17(18,19)20/h3-7,10,12,26H,8-9H2,1-2H3. The molecule has 1 N–H and O–H groups in total. The van der Waals surface area contributed by atoms with E-state index in [0.29, 0.717) is 11.6 Å². The van der Waals surface area contributed by atoms with Gasteiger partial charge in [0.15, 0.2) is 0 Å². The maximum Gasteiger partial charge on any atom is 0.419 e. The summed E-state index contributed by atoms with van der Waals surface area (Å²) in [5, 5.41) is 14.3. The summed E-state index contributed by atoms with van der Waals surface area (Å²) in [5.41, 5.74) is -0.151. The van der Waals surface area contributed by atoms with Crippen LogP contribution in [-0.2, 0) is 6.18 Å². The Bertz CT molecular complexity index is 928. The highest BCUT2D eigenvalue weighted by Gasteiger charge is 2.34. The van der Waals surface area contributed by atoms with E-state index in [2.05, 4.69) is 15.1 Å². The summed E-state index contributed by atoms with van der Waals surface area (Å²) in [6.45, 7) is 1.63. The predicted octanol–water partition coefficient (Wildman–Crippen LogP) is 2.33. The van der Waals surface area contributed by atoms with Crippen molar-refractivity contribution in [2.75, 3.05) is 25.1 Å². The molecule has 0 bridgehead atoms. The molecule has 0 radical (unpaired) electrons. The van der Waals surface area contributed by atoms with E-state index >= 15 is 0 Å². The van der Waals surface area contributed by atoms with E-state index in [4.69, 9.17) is 4.74 Å². The number of aromatic nitrogens is 4. The van der Waals surface area contributed by atoms with Crippen molar-refractivity contribution < 1.29 is 23.0 Å². The molecule has 0 aliphatic carbocycles. The highest BCUT2D eigenvalue weighted by molar-refractivity contribution is 5.46. The van der Waals surface area contributed by atoms with Crippen molar-refractivity contribution in [3.8, 4) is 5.75 Å². The molecule has 0 amide bonds. The number of aliphatic hydroxyl groups is 1. The van der Waals surface area contributed by atoms with E-state index < -0.39 is 17.8 Å². The highest BCUT2D eigenvalue weighted by Crippen LogP contribution is 2.35. The largest absolute Gasteiger partial charge is 0.490 e. The highest BCUT2D eigenvalue weighted by atomic mass is 19.4. The Morgan fingerprint density at radius 3 is 2.78 bits per heavy atom. The molecule has 2 aromatic heterocycles. The van der Waals surface area contributed by atoms with Crippen LogP contribution in [0.5, 0.6) is 5.75 Å². The van der Waals surface area contributed by atoms with Gasteiger partial charge in [0.05, 0.1) is 5.56 Å². The lowest BCUT2D eigenvalue weighted by atomic mass is 10.2. The number of likely N-dealkylation sites (N-methyl/N-ethyl adjacent to an activating group) is 1. The predicted molar refractivity (Wildman–Crippen MR) is 91.7 cm³/mol. The van der Waals surface area contributed by atoms with Crippen LogP contribution in [0.4, 0.5) is 19.0 Å². The Hall–Kier alpha value is -2.88. The number of benzene rings is 1. The lowest BCUT2D eigenvalue weighted by Gasteiger charge is -2.23. The summed E-state index contributed by atoms with van der Waals surface area (Å²) in [4.78, 5) is 9.97. The number of anilines is 1. The van der Waals surface area contributed by atoms with Crippen LogP contribution in [0, 0.1) is 6.92 Å². The molecular formula is C17H18F3N5O2. The Kier molecular flexibility index (Phi) is 5.17. The minimum absolute atomic E-state index is 0.118. The first-order valence-electron chi connectivity index (χ1n) is 8.11. The Balaban J connectivity index is 1.68. The molecule has 0 aliphatic rings. The van der Waals surface area contributed by atoms with Crippen molar-refractivity contribution in [3.05, 3.63) is 47.9 Å². The number of nitrogens with zero attached hydrogens (tertiary/aromatic N) is 5. The van der Waals surface area contributed by atoms with Crippen molar-refractivity contribution in [2.24, 2.45) is 0 Å². The quantitative estimate of drug-likeness (QED) is 0.706. The molecule has 0 spiro atoms. The molecule has 0 saturated carbocycles. The second-order valence-electron chi connectivity index (χ2n) is 6.07. The number of fused-ring (bicyclic) bond motifs is 1. The molecule has 144 valence electrons. The van der Waals surface area contributed by atoms with Gasteiger partial charge in [0.25, 0.3) is 5.78 Å². The van der Waals surface area contributed by atoms with Gasteiger partial charge in [0.1, 0.15) is 30.6 Å². The number of ether oxygens (including phenoxy) is 1.